The molecule has 0 aliphatic carbocycles. The van der Waals surface area contributed by atoms with Crippen molar-refractivity contribution in [3.63, 3.8) is 0 Å². The van der Waals surface area contributed by atoms with Crippen molar-refractivity contribution in [2.45, 2.75) is 0 Å². The average Bonchev–Trinajstić information content (AvgIpc) is 0.918. The Kier molecular flexibility index (Phi) is 53.0. The fourth-order valence-electron chi connectivity index (χ4n) is 0. The van der Waals surface area contributed by atoms with Crippen molar-refractivity contribution in [3.8, 4) is 0 Å². The van der Waals surface area contributed by atoms with Gasteiger partial charge in [-0.25, -0.2) is 0 Å². The second kappa shape index (κ2) is 16.8. The Hall–Kier alpha value is 1.93. The molecule has 0 aliphatic rings. The maximum absolute atomic E-state index is 7.19. The van der Waals surface area contributed by atoms with Gasteiger partial charge in [0.15, 0.2) is 0 Å². The van der Waals surface area contributed by atoms with E-state index in [1.54, 1.807) is 0 Å². The van der Waals surface area contributed by atoms with Crippen LogP contribution < -0.4 is 0 Å². The van der Waals surface area contributed by atoms with Crippen LogP contribution >= 0.6 is 0 Å². The zero-order valence-electron chi connectivity index (χ0n) is 2.59. The predicted molar refractivity (Wildman–Crippen MR) is 15.9 cm³/mol. The Morgan fingerprint density at radius 2 is 1.20 bits per heavy atom. The Morgan fingerprint density at radius 1 is 1.20 bits per heavy atom. The summed E-state index contributed by atoms with van der Waals surface area (Å²) in [7, 11) is 0. The van der Waals surface area contributed by atoms with E-state index in [-0.39, 0.29) is 45.3 Å². The maximum atomic E-state index is 7.19. The average molecular weight is 293 g/mol. The second-order valence-electron chi connectivity index (χ2n) is 0.0816. The van der Waals surface area contributed by atoms with Crippen molar-refractivity contribution in [2.75, 3.05) is 0 Å². The molecule has 25 valence electrons. The van der Waals surface area contributed by atoms with Crippen LogP contribution in [0.5, 0.6) is 0 Å². The summed E-state index contributed by atoms with van der Waals surface area (Å²) in [5, 5.41) is 0. The normalized spacial score (nSPS) is 3.60. The van der Waals surface area contributed by atoms with Gasteiger partial charge in [-0.3, -0.25) is 0 Å². The third-order valence-corrected chi connectivity index (χ3v) is 0. The third-order valence-electron chi connectivity index (χ3n) is 0. The number of rotatable bonds is 0. The Labute approximate surface area is 68.7 Å². The van der Waals surface area contributed by atoms with Gasteiger partial charge in [-0.15, -0.1) is 0 Å². The first-order valence-corrected chi connectivity index (χ1v) is 1.90. The number of hydrogen-bond acceptors (Lipinski definition) is 2. The molecule has 0 amide bonds. The second-order valence-corrected chi connectivity index (χ2v) is 0.424. The van der Waals surface area contributed by atoms with Gasteiger partial charge in [-0.05, 0) is 0 Å². The van der Waals surface area contributed by atoms with Gasteiger partial charge in [0.25, 0.3) is 0 Å². The van der Waals surface area contributed by atoms with Gasteiger partial charge in [0.05, 0.1) is 0 Å². The van der Waals surface area contributed by atoms with E-state index >= 15 is 0 Å². The summed E-state index contributed by atoms with van der Waals surface area (Å²) in [5.74, 6) is 0. The van der Waals surface area contributed by atoms with Crippen molar-refractivity contribution in [3.05, 3.63) is 0 Å². The van der Waals surface area contributed by atoms with Crippen molar-refractivity contribution >= 4 is 41.5 Å². The molecule has 0 aliphatic heterocycles. The van der Waals surface area contributed by atoms with Gasteiger partial charge < -0.3 is 0 Å². The fourth-order valence-corrected chi connectivity index (χ4v) is 0. The molecule has 0 saturated heterocycles. The molecule has 5 heteroatoms. The summed E-state index contributed by atoms with van der Waals surface area (Å²) < 4.78 is 14.4. The molecule has 0 heterocycles. The minimum atomic E-state index is -1.12. The van der Waals surface area contributed by atoms with Crippen molar-refractivity contribution < 1.29 is 27.9 Å². The summed E-state index contributed by atoms with van der Waals surface area (Å²) in [5.41, 5.74) is 0. The van der Waals surface area contributed by atoms with Crippen LogP contribution in [0.2, 0.25) is 0 Å². The first kappa shape index (κ1) is 15.8. The number of hydrogen-bond donors (Lipinski definition) is 2. The zero-order chi connectivity index (χ0) is 2.71. The molecule has 0 spiro atoms. The molecule has 0 rings (SSSR count). The molecule has 0 bridgehead atoms. The largest absolute Gasteiger partial charge is 0 e. The van der Waals surface area contributed by atoms with E-state index in [9.17, 15) is 0 Å². The standard InChI is InChI=1S/In.H2O2Se.Zn/c;1-3-2;/h;1-2H;. The minimum absolute atomic E-state index is 0. The van der Waals surface area contributed by atoms with Crippen molar-refractivity contribution in [2.24, 2.45) is 0 Å². The van der Waals surface area contributed by atoms with Crippen LogP contribution in [0.25, 0.3) is 0 Å². The van der Waals surface area contributed by atoms with Crippen molar-refractivity contribution in [1.29, 1.82) is 0 Å². The molecule has 5 heavy (non-hydrogen) atoms. The van der Waals surface area contributed by atoms with E-state index in [1.807, 2.05) is 0 Å². The quantitative estimate of drug-likeness (QED) is 0.513. The van der Waals surface area contributed by atoms with Crippen LogP contribution in [-0.4, -0.2) is 49.8 Å². The van der Waals surface area contributed by atoms with Crippen LogP contribution in [0.3, 0.4) is 0 Å². The van der Waals surface area contributed by atoms with Gasteiger partial charge in [0.1, 0.15) is 0 Å². The molecule has 0 fully saturated rings. The first-order valence-electron chi connectivity index (χ1n) is 0.365. The molecule has 0 atom stereocenters. The molecular formula is H2InO2SeZn. The molecular weight excluding hydrogens is 291 g/mol. The summed E-state index contributed by atoms with van der Waals surface area (Å²) in [4.78, 5) is 0. The first-order chi connectivity index (χ1) is 1.41. The predicted octanol–water partition coefficient (Wildman–Crippen LogP) is -1.88. The van der Waals surface area contributed by atoms with E-state index in [1.165, 1.54) is 0 Å². The molecule has 0 aromatic carbocycles. The molecule has 0 aromatic heterocycles. The van der Waals surface area contributed by atoms with Gasteiger partial charge in [-0.2, -0.15) is 0 Å². The summed E-state index contributed by atoms with van der Waals surface area (Å²) in [6.07, 6.45) is 0. The van der Waals surface area contributed by atoms with Crippen LogP contribution in [0.1, 0.15) is 0 Å². The molecule has 0 unspecified atom stereocenters. The molecule has 3 radical (unpaired) electrons. The van der Waals surface area contributed by atoms with Crippen LogP contribution in [0.15, 0.2) is 0 Å². The Morgan fingerprint density at radius 3 is 1.20 bits per heavy atom. The van der Waals surface area contributed by atoms with Gasteiger partial charge in [-0.1, -0.05) is 0 Å². The van der Waals surface area contributed by atoms with E-state index in [0.29, 0.717) is 0 Å². The minimum Gasteiger partial charge on any atom is 0 e. The van der Waals surface area contributed by atoms with E-state index in [0.717, 1.165) is 0 Å². The van der Waals surface area contributed by atoms with E-state index in [4.69, 9.17) is 8.38 Å². The Balaban J connectivity index is -0.0000000200. The molecule has 2 N–H and O–H groups in total. The zero-order valence-corrected chi connectivity index (χ0v) is 10.6. The van der Waals surface area contributed by atoms with E-state index in [2.05, 4.69) is 0 Å². The van der Waals surface area contributed by atoms with Gasteiger partial charge >= 0.3 is 24.0 Å². The monoisotopic (exact) mass is 293 g/mol. The molecule has 0 aromatic rings. The third kappa shape index (κ3) is 24.6. The van der Waals surface area contributed by atoms with Crippen LogP contribution in [-0.2, 0) is 19.5 Å². The smallest absolute Gasteiger partial charge is 0 e. The molecule has 0 saturated carbocycles. The fraction of sp³-hybridized carbons (Fsp3) is 0. The van der Waals surface area contributed by atoms with Crippen LogP contribution in [0.4, 0.5) is 0 Å². The van der Waals surface area contributed by atoms with Crippen LogP contribution in [0, 0.1) is 0 Å². The van der Waals surface area contributed by atoms with Gasteiger partial charge in [0.2, 0.25) is 0 Å². The van der Waals surface area contributed by atoms with Gasteiger partial charge in [0, 0.05) is 45.3 Å². The summed E-state index contributed by atoms with van der Waals surface area (Å²) in [6.45, 7) is 0. The Bertz CT molecular complexity index is 9.61. The summed E-state index contributed by atoms with van der Waals surface area (Å²) >= 11 is -1.12. The maximum Gasteiger partial charge on any atom is 0 e. The van der Waals surface area contributed by atoms with Crippen molar-refractivity contribution in [1.82, 2.24) is 0 Å². The molecule has 2 nitrogen and oxygen atoms in total. The SMILES string of the molecule is O[Se]O.[In].[Zn]. The summed E-state index contributed by atoms with van der Waals surface area (Å²) in [6, 6.07) is 0. The topological polar surface area (TPSA) is 40.5 Å². The van der Waals surface area contributed by atoms with E-state index < -0.39 is 15.6 Å².